The van der Waals surface area contributed by atoms with Crippen LogP contribution in [0.1, 0.15) is 29.0 Å². The lowest BCUT2D eigenvalue weighted by Crippen LogP contribution is -2.17. The monoisotopic (exact) mass is 292 g/mol. The van der Waals surface area contributed by atoms with Crippen molar-refractivity contribution in [3.8, 4) is 5.75 Å². The molecule has 0 N–H and O–H groups in total. The first-order valence-electron chi connectivity index (χ1n) is 6.94. The average molecular weight is 292 g/mol. The van der Waals surface area contributed by atoms with Gasteiger partial charge in [0.15, 0.2) is 0 Å². The quantitative estimate of drug-likeness (QED) is 0.768. The predicted octanol–water partition coefficient (Wildman–Crippen LogP) is 4.86. The van der Waals surface area contributed by atoms with Crippen LogP contribution >= 0.6 is 0 Å². The van der Waals surface area contributed by atoms with E-state index in [2.05, 4.69) is 16.9 Å². The molecule has 1 unspecified atom stereocenters. The van der Waals surface area contributed by atoms with Crippen LogP contribution in [-0.2, 0) is 12.8 Å². The van der Waals surface area contributed by atoms with Crippen LogP contribution in [0, 0.1) is 0 Å². The van der Waals surface area contributed by atoms with E-state index in [4.69, 9.17) is 0 Å². The van der Waals surface area contributed by atoms with Crippen LogP contribution in [0.2, 0.25) is 0 Å². The maximum absolute atomic E-state index is 12.1. The van der Waals surface area contributed by atoms with Crippen LogP contribution in [0.5, 0.6) is 5.75 Å². The van der Waals surface area contributed by atoms with Crippen molar-refractivity contribution in [3.63, 3.8) is 0 Å². The third kappa shape index (κ3) is 3.38. The summed E-state index contributed by atoms with van der Waals surface area (Å²) in [6.45, 7) is 0. The number of hydrogen-bond donors (Lipinski definition) is 0. The molecular formula is C17H15F3O. The van der Waals surface area contributed by atoms with Crippen LogP contribution in [0.3, 0.4) is 0 Å². The molecule has 2 aromatic rings. The van der Waals surface area contributed by atoms with E-state index in [1.54, 1.807) is 12.1 Å². The molecule has 3 rings (SSSR count). The summed E-state index contributed by atoms with van der Waals surface area (Å²) in [5, 5.41) is 0. The molecule has 1 aliphatic rings. The van der Waals surface area contributed by atoms with E-state index in [-0.39, 0.29) is 5.75 Å². The molecule has 0 spiro atoms. The minimum absolute atomic E-state index is 0.164. The maximum Gasteiger partial charge on any atom is 0.573 e. The van der Waals surface area contributed by atoms with E-state index in [1.807, 2.05) is 12.1 Å². The largest absolute Gasteiger partial charge is 0.573 e. The SMILES string of the molecule is FC(F)(F)Oc1ccc(C2CCc3ccccc3C2)cc1. The first-order valence-corrected chi connectivity index (χ1v) is 6.94. The average Bonchev–Trinajstić information content (AvgIpc) is 2.46. The van der Waals surface area contributed by atoms with Gasteiger partial charge in [0.25, 0.3) is 0 Å². The first-order chi connectivity index (χ1) is 10.0. The molecular weight excluding hydrogens is 277 g/mol. The summed E-state index contributed by atoms with van der Waals surface area (Å²) in [4.78, 5) is 0. The summed E-state index contributed by atoms with van der Waals surface area (Å²) in [6.07, 6.45) is -1.65. The Labute approximate surface area is 121 Å². The summed E-state index contributed by atoms with van der Waals surface area (Å²) in [6, 6.07) is 14.6. The van der Waals surface area contributed by atoms with Gasteiger partial charge in [0.05, 0.1) is 0 Å². The maximum atomic E-state index is 12.1. The second-order valence-electron chi connectivity index (χ2n) is 5.33. The Bertz CT molecular complexity index is 617. The fourth-order valence-electron chi connectivity index (χ4n) is 2.92. The first kappa shape index (κ1) is 14.0. The number of hydrogen-bond acceptors (Lipinski definition) is 1. The molecule has 0 saturated carbocycles. The van der Waals surface area contributed by atoms with Crippen LogP contribution in [0.25, 0.3) is 0 Å². The van der Waals surface area contributed by atoms with Gasteiger partial charge in [0.1, 0.15) is 5.75 Å². The zero-order valence-corrected chi connectivity index (χ0v) is 11.4. The van der Waals surface area contributed by atoms with Gasteiger partial charge in [-0.15, -0.1) is 13.2 Å². The number of fused-ring (bicyclic) bond motifs is 1. The smallest absolute Gasteiger partial charge is 0.406 e. The molecule has 0 aromatic heterocycles. The molecule has 0 heterocycles. The highest BCUT2D eigenvalue weighted by Gasteiger charge is 2.31. The minimum Gasteiger partial charge on any atom is -0.406 e. The van der Waals surface area contributed by atoms with E-state index in [9.17, 15) is 13.2 Å². The van der Waals surface area contributed by atoms with Crippen molar-refractivity contribution in [3.05, 3.63) is 65.2 Å². The van der Waals surface area contributed by atoms with Gasteiger partial charge >= 0.3 is 6.36 Å². The van der Waals surface area contributed by atoms with Gasteiger partial charge in [-0.1, -0.05) is 36.4 Å². The molecule has 1 aliphatic carbocycles. The Morgan fingerprint density at radius 2 is 1.57 bits per heavy atom. The second-order valence-corrected chi connectivity index (χ2v) is 5.33. The van der Waals surface area contributed by atoms with Crippen molar-refractivity contribution in [2.75, 3.05) is 0 Å². The second kappa shape index (κ2) is 5.43. The van der Waals surface area contributed by atoms with Crippen molar-refractivity contribution in [1.29, 1.82) is 0 Å². The van der Waals surface area contributed by atoms with E-state index in [0.717, 1.165) is 24.8 Å². The Balaban J connectivity index is 1.74. The third-order valence-corrected chi connectivity index (χ3v) is 3.93. The predicted molar refractivity (Wildman–Crippen MR) is 74.3 cm³/mol. The zero-order chi connectivity index (χ0) is 14.9. The Hall–Kier alpha value is -1.97. The number of aryl methyl sites for hydroxylation is 1. The molecule has 0 fully saturated rings. The van der Waals surface area contributed by atoms with Crippen LogP contribution in [0.15, 0.2) is 48.5 Å². The van der Waals surface area contributed by atoms with E-state index in [0.29, 0.717) is 5.92 Å². The van der Waals surface area contributed by atoms with Gasteiger partial charge in [0, 0.05) is 0 Å². The molecule has 110 valence electrons. The summed E-state index contributed by atoms with van der Waals surface area (Å²) in [5.41, 5.74) is 3.79. The molecule has 0 bridgehead atoms. The molecule has 0 aliphatic heterocycles. The van der Waals surface area contributed by atoms with Crippen molar-refractivity contribution < 1.29 is 17.9 Å². The lowest BCUT2D eigenvalue weighted by molar-refractivity contribution is -0.274. The summed E-state index contributed by atoms with van der Waals surface area (Å²) in [5.74, 6) is 0.197. The van der Waals surface area contributed by atoms with E-state index in [1.165, 1.54) is 23.3 Å². The van der Waals surface area contributed by atoms with E-state index >= 15 is 0 Å². The highest BCUT2D eigenvalue weighted by atomic mass is 19.4. The van der Waals surface area contributed by atoms with Gasteiger partial charge in [0.2, 0.25) is 0 Å². The fraction of sp³-hybridized carbons (Fsp3) is 0.294. The van der Waals surface area contributed by atoms with Gasteiger partial charge in [-0.25, -0.2) is 0 Å². The summed E-state index contributed by atoms with van der Waals surface area (Å²) in [7, 11) is 0. The van der Waals surface area contributed by atoms with Crippen molar-refractivity contribution in [2.45, 2.75) is 31.5 Å². The molecule has 1 nitrogen and oxygen atoms in total. The molecule has 2 aromatic carbocycles. The van der Waals surface area contributed by atoms with Crippen molar-refractivity contribution in [2.24, 2.45) is 0 Å². The lowest BCUT2D eigenvalue weighted by atomic mass is 9.80. The highest BCUT2D eigenvalue weighted by molar-refractivity contribution is 5.35. The summed E-state index contributed by atoms with van der Waals surface area (Å²) >= 11 is 0. The molecule has 21 heavy (non-hydrogen) atoms. The Morgan fingerprint density at radius 1 is 0.905 bits per heavy atom. The number of halogens is 3. The third-order valence-electron chi connectivity index (χ3n) is 3.93. The number of rotatable bonds is 2. The molecule has 0 amide bonds. The molecule has 0 saturated heterocycles. The Morgan fingerprint density at radius 3 is 2.24 bits per heavy atom. The van der Waals surface area contributed by atoms with Gasteiger partial charge in [-0.05, 0) is 54.0 Å². The van der Waals surface area contributed by atoms with Gasteiger partial charge in [-0.2, -0.15) is 0 Å². The van der Waals surface area contributed by atoms with E-state index < -0.39 is 6.36 Å². The van der Waals surface area contributed by atoms with Crippen molar-refractivity contribution >= 4 is 0 Å². The highest BCUT2D eigenvalue weighted by Crippen LogP contribution is 2.33. The zero-order valence-electron chi connectivity index (χ0n) is 11.4. The minimum atomic E-state index is -4.63. The number of ether oxygens (including phenoxy) is 1. The van der Waals surface area contributed by atoms with Crippen LogP contribution in [-0.4, -0.2) is 6.36 Å². The fourth-order valence-corrected chi connectivity index (χ4v) is 2.92. The van der Waals surface area contributed by atoms with Crippen molar-refractivity contribution in [1.82, 2.24) is 0 Å². The topological polar surface area (TPSA) is 9.23 Å². The molecule has 4 heteroatoms. The Kier molecular flexibility index (Phi) is 3.62. The van der Waals surface area contributed by atoms with Crippen LogP contribution < -0.4 is 4.74 Å². The summed E-state index contributed by atoms with van der Waals surface area (Å²) < 4.78 is 40.3. The molecule has 0 radical (unpaired) electrons. The molecule has 1 atom stereocenters. The van der Waals surface area contributed by atoms with Gasteiger partial charge < -0.3 is 4.74 Å². The van der Waals surface area contributed by atoms with Crippen LogP contribution in [0.4, 0.5) is 13.2 Å². The van der Waals surface area contributed by atoms with Gasteiger partial charge in [-0.3, -0.25) is 0 Å². The normalized spacial score (nSPS) is 18.1. The lowest BCUT2D eigenvalue weighted by Gasteiger charge is -2.25. The number of alkyl halides is 3. The standard InChI is InChI=1S/C17H15F3O/c18-17(19,20)21-16-9-7-13(8-10-16)15-6-5-12-3-1-2-4-14(12)11-15/h1-4,7-10,15H,5-6,11H2. The number of benzene rings is 2.